The lowest BCUT2D eigenvalue weighted by Crippen LogP contribution is -2.40. The van der Waals surface area contributed by atoms with Gasteiger partial charge in [-0.15, -0.1) is 0 Å². The summed E-state index contributed by atoms with van der Waals surface area (Å²) in [6.45, 7) is 1.56. The monoisotopic (exact) mass is 405 g/mol. The molecule has 1 aliphatic heterocycles. The van der Waals surface area contributed by atoms with E-state index < -0.39 is 0 Å². The molecule has 3 N–H and O–H groups in total. The van der Waals surface area contributed by atoms with Gasteiger partial charge in [-0.05, 0) is 43.4 Å². The summed E-state index contributed by atoms with van der Waals surface area (Å²) in [5.74, 6) is 0.733. The number of aromatic nitrogens is 3. The molecule has 0 aliphatic carbocycles. The smallest absolute Gasteiger partial charge is 0.269 e. The van der Waals surface area contributed by atoms with E-state index in [-0.39, 0.29) is 12.5 Å². The number of hydrogen-bond donors (Lipinski definition) is 3. The fourth-order valence-corrected chi connectivity index (χ4v) is 3.91. The molecule has 0 saturated carbocycles. The summed E-state index contributed by atoms with van der Waals surface area (Å²) in [5.41, 5.74) is 3.07. The summed E-state index contributed by atoms with van der Waals surface area (Å²) in [6, 6.07) is 15.8. The fourth-order valence-electron chi connectivity index (χ4n) is 3.91. The molecule has 156 valence electrons. The number of pyridine rings is 1. The van der Waals surface area contributed by atoms with Crippen LogP contribution in [0.2, 0.25) is 0 Å². The molecular formula is C23H27N5O2. The Morgan fingerprint density at radius 3 is 2.83 bits per heavy atom. The van der Waals surface area contributed by atoms with Gasteiger partial charge >= 0.3 is 0 Å². The van der Waals surface area contributed by atoms with E-state index in [2.05, 4.69) is 25.4 Å². The third-order valence-corrected chi connectivity index (χ3v) is 5.54. The minimum Gasteiger partial charge on any atom is -0.396 e. The lowest BCUT2D eigenvalue weighted by atomic mass is 9.99. The van der Waals surface area contributed by atoms with Gasteiger partial charge in [0.1, 0.15) is 11.5 Å². The number of aromatic amines is 1. The Labute approximate surface area is 176 Å². The van der Waals surface area contributed by atoms with Crippen molar-refractivity contribution in [2.75, 3.05) is 18.1 Å². The summed E-state index contributed by atoms with van der Waals surface area (Å²) < 4.78 is 0. The molecule has 0 bridgehead atoms. The Kier molecular flexibility index (Phi) is 6.39. The van der Waals surface area contributed by atoms with Crippen LogP contribution in [0.25, 0.3) is 11.3 Å². The maximum Gasteiger partial charge on any atom is 0.269 e. The Morgan fingerprint density at radius 1 is 1.20 bits per heavy atom. The van der Waals surface area contributed by atoms with Crippen molar-refractivity contribution in [3.63, 3.8) is 0 Å². The number of hydrogen-bond acceptors (Lipinski definition) is 5. The first-order valence-electron chi connectivity index (χ1n) is 10.5. The molecular weight excluding hydrogens is 378 g/mol. The van der Waals surface area contributed by atoms with Gasteiger partial charge in [0.15, 0.2) is 0 Å². The number of nitrogens with one attached hydrogen (secondary N) is 2. The number of aliphatic hydroxyl groups excluding tert-OH is 1. The standard InChI is InChI=1S/C23H27N5O2/c29-13-11-19-8-4-5-12-28(19)22-10-9-17(15-24-22)16-25-23(30)21-14-20(26-27-21)18-6-2-1-3-7-18/h1-3,6-7,9-10,14-15,19,29H,4-5,8,11-13,16H2,(H,25,30)(H,26,27)/t19-/m0/s1. The average molecular weight is 406 g/mol. The van der Waals surface area contributed by atoms with Crippen molar-refractivity contribution < 1.29 is 9.90 Å². The number of piperidine rings is 1. The lowest BCUT2D eigenvalue weighted by Gasteiger charge is -2.36. The predicted molar refractivity (Wildman–Crippen MR) is 116 cm³/mol. The molecule has 1 atom stereocenters. The van der Waals surface area contributed by atoms with E-state index in [4.69, 9.17) is 0 Å². The van der Waals surface area contributed by atoms with E-state index in [1.807, 2.05) is 48.7 Å². The van der Waals surface area contributed by atoms with Gasteiger partial charge in [-0.2, -0.15) is 5.10 Å². The Hall–Kier alpha value is -3.19. The first-order chi connectivity index (χ1) is 14.7. The van der Waals surface area contributed by atoms with Crippen molar-refractivity contribution in [1.82, 2.24) is 20.5 Å². The number of anilines is 1. The SMILES string of the molecule is O=C(NCc1ccc(N2CCCC[C@H]2CCO)nc1)c1cc(-c2ccccc2)n[nH]1. The van der Waals surface area contributed by atoms with Gasteiger partial charge in [-0.1, -0.05) is 36.4 Å². The van der Waals surface area contributed by atoms with Gasteiger partial charge in [-0.25, -0.2) is 4.98 Å². The molecule has 1 saturated heterocycles. The normalized spacial score (nSPS) is 16.4. The van der Waals surface area contributed by atoms with Crippen LogP contribution in [0.3, 0.4) is 0 Å². The number of H-pyrrole nitrogens is 1. The molecule has 1 fully saturated rings. The number of rotatable bonds is 7. The van der Waals surface area contributed by atoms with Crippen molar-refractivity contribution in [1.29, 1.82) is 0 Å². The van der Waals surface area contributed by atoms with E-state index >= 15 is 0 Å². The van der Waals surface area contributed by atoms with Crippen LogP contribution >= 0.6 is 0 Å². The molecule has 1 amide bonds. The minimum atomic E-state index is -0.201. The molecule has 1 aliphatic rings. The zero-order chi connectivity index (χ0) is 20.8. The minimum absolute atomic E-state index is 0.199. The second kappa shape index (κ2) is 9.54. The number of carbonyl (C=O) groups excluding carboxylic acids is 1. The maximum absolute atomic E-state index is 12.5. The Balaban J connectivity index is 1.35. The second-order valence-electron chi connectivity index (χ2n) is 7.60. The van der Waals surface area contributed by atoms with Gasteiger partial charge in [-0.3, -0.25) is 9.89 Å². The van der Waals surface area contributed by atoms with E-state index in [1.54, 1.807) is 6.07 Å². The molecule has 0 spiro atoms. The van der Waals surface area contributed by atoms with Crippen molar-refractivity contribution in [3.8, 4) is 11.3 Å². The van der Waals surface area contributed by atoms with Gasteiger partial charge < -0.3 is 15.3 Å². The molecule has 4 rings (SSSR count). The van der Waals surface area contributed by atoms with E-state index in [9.17, 15) is 9.90 Å². The highest BCUT2D eigenvalue weighted by atomic mass is 16.3. The van der Waals surface area contributed by atoms with E-state index in [1.165, 1.54) is 6.42 Å². The average Bonchev–Trinajstić information content (AvgIpc) is 3.30. The maximum atomic E-state index is 12.5. The van der Waals surface area contributed by atoms with Crippen molar-refractivity contribution >= 4 is 11.7 Å². The van der Waals surface area contributed by atoms with Crippen molar-refractivity contribution in [2.24, 2.45) is 0 Å². The zero-order valence-electron chi connectivity index (χ0n) is 16.9. The van der Waals surface area contributed by atoms with Gasteiger partial charge in [0.25, 0.3) is 5.91 Å². The third kappa shape index (κ3) is 4.68. The van der Waals surface area contributed by atoms with Crippen molar-refractivity contribution in [3.05, 3.63) is 66.0 Å². The van der Waals surface area contributed by atoms with Crippen LogP contribution in [0.15, 0.2) is 54.7 Å². The number of amides is 1. The van der Waals surface area contributed by atoms with Crippen LogP contribution in [0, 0.1) is 0 Å². The largest absolute Gasteiger partial charge is 0.396 e. The highest BCUT2D eigenvalue weighted by Crippen LogP contribution is 2.25. The summed E-state index contributed by atoms with van der Waals surface area (Å²) in [7, 11) is 0. The molecule has 2 aromatic heterocycles. The second-order valence-corrected chi connectivity index (χ2v) is 7.60. The predicted octanol–water partition coefficient (Wildman–Crippen LogP) is 3.14. The Bertz CT molecular complexity index is 953. The third-order valence-electron chi connectivity index (χ3n) is 5.54. The first-order valence-corrected chi connectivity index (χ1v) is 10.5. The van der Waals surface area contributed by atoms with Crippen LogP contribution in [-0.4, -0.2) is 45.4 Å². The topological polar surface area (TPSA) is 94.1 Å². The summed E-state index contributed by atoms with van der Waals surface area (Å²) >= 11 is 0. The number of carbonyl (C=O) groups is 1. The molecule has 3 aromatic rings. The molecule has 1 aromatic carbocycles. The first kappa shape index (κ1) is 20.1. The molecule has 0 radical (unpaired) electrons. The van der Waals surface area contributed by atoms with Crippen LogP contribution in [0.1, 0.15) is 41.7 Å². The van der Waals surface area contributed by atoms with E-state index in [0.29, 0.717) is 18.3 Å². The number of aliphatic hydroxyl groups is 1. The summed E-state index contributed by atoms with van der Waals surface area (Å²) in [5, 5.41) is 19.3. The van der Waals surface area contributed by atoms with Crippen molar-refractivity contribution in [2.45, 2.75) is 38.3 Å². The Morgan fingerprint density at radius 2 is 2.07 bits per heavy atom. The van der Waals surface area contributed by atoms with Crippen LogP contribution in [-0.2, 0) is 6.54 Å². The van der Waals surface area contributed by atoms with Crippen LogP contribution < -0.4 is 10.2 Å². The number of nitrogens with zero attached hydrogens (tertiary/aromatic N) is 3. The summed E-state index contributed by atoms with van der Waals surface area (Å²) in [6.07, 6.45) is 6.02. The molecule has 0 unspecified atom stereocenters. The zero-order valence-corrected chi connectivity index (χ0v) is 16.9. The quantitative estimate of drug-likeness (QED) is 0.561. The lowest BCUT2D eigenvalue weighted by molar-refractivity contribution is 0.0946. The fraction of sp³-hybridized carbons (Fsp3) is 0.348. The number of benzene rings is 1. The molecule has 30 heavy (non-hydrogen) atoms. The molecule has 7 heteroatoms. The van der Waals surface area contributed by atoms with E-state index in [0.717, 1.165) is 48.4 Å². The summed E-state index contributed by atoms with van der Waals surface area (Å²) in [4.78, 5) is 19.3. The molecule has 3 heterocycles. The highest BCUT2D eigenvalue weighted by Gasteiger charge is 2.23. The van der Waals surface area contributed by atoms with Gasteiger partial charge in [0.2, 0.25) is 0 Å². The van der Waals surface area contributed by atoms with Gasteiger partial charge in [0, 0.05) is 37.5 Å². The highest BCUT2D eigenvalue weighted by molar-refractivity contribution is 5.93. The van der Waals surface area contributed by atoms with Crippen LogP contribution in [0.5, 0.6) is 0 Å². The molecule has 7 nitrogen and oxygen atoms in total. The van der Waals surface area contributed by atoms with Gasteiger partial charge in [0.05, 0.1) is 5.69 Å². The van der Waals surface area contributed by atoms with Crippen LogP contribution in [0.4, 0.5) is 5.82 Å².